The van der Waals surface area contributed by atoms with Crippen molar-refractivity contribution in [3.8, 4) is 5.75 Å². The van der Waals surface area contributed by atoms with Gasteiger partial charge in [0.15, 0.2) is 0 Å². The minimum Gasteiger partial charge on any atom is -0.507 e. The van der Waals surface area contributed by atoms with Crippen molar-refractivity contribution in [3.05, 3.63) is 28.8 Å². The maximum absolute atomic E-state index is 10.2. The van der Waals surface area contributed by atoms with E-state index in [1.165, 1.54) is 5.56 Å². The highest BCUT2D eigenvalue weighted by molar-refractivity contribution is 5.45. The Morgan fingerprint density at radius 3 is 2.25 bits per heavy atom. The topological polar surface area (TPSA) is 20.2 Å². The van der Waals surface area contributed by atoms with Crippen LogP contribution in [0.2, 0.25) is 0 Å². The Hall–Kier alpha value is -0.980. The number of hydrogen-bond donors (Lipinski definition) is 1. The van der Waals surface area contributed by atoms with Gasteiger partial charge in [0.2, 0.25) is 0 Å². The van der Waals surface area contributed by atoms with Crippen LogP contribution in [0.5, 0.6) is 5.75 Å². The van der Waals surface area contributed by atoms with E-state index in [9.17, 15) is 5.11 Å². The summed E-state index contributed by atoms with van der Waals surface area (Å²) in [7, 11) is 0. The first kappa shape index (κ1) is 13.1. The minimum atomic E-state index is 0.387. The number of aromatic hydroxyl groups is 1. The Labute approximate surface area is 99.5 Å². The molecule has 0 unspecified atom stereocenters. The smallest absolute Gasteiger partial charge is 0.122 e. The third-order valence-electron chi connectivity index (χ3n) is 2.98. The summed E-state index contributed by atoms with van der Waals surface area (Å²) >= 11 is 0. The predicted molar refractivity (Wildman–Crippen MR) is 70.1 cm³/mol. The highest BCUT2D eigenvalue weighted by Gasteiger charge is 2.11. The van der Waals surface area contributed by atoms with Crippen LogP contribution in [0.4, 0.5) is 0 Å². The molecule has 0 fully saturated rings. The van der Waals surface area contributed by atoms with Crippen molar-refractivity contribution in [3.63, 3.8) is 0 Å². The molecule has 0 spiro atoms. The second-order valence-electron chi connectivity index (χ2n) is 5.45. The van der Waals surface area contributed by atoms with Gasteiger partial charge in [-0.3, -0.25) is 0 Å². The van der Waals surface area contributed by atoms with E-state index in [1.54, 1.807) is 0 Å². The second kappa shape index (κ2) is 5.38. The summed E-state index contributed by atoms with van der Waals surface area (Å²) in [4.78, 5) is 0. The Bertz CT molecular complexity index is 351. The molecule has 0 atom stereocenters. The third kappa shape index (κ3) is 3.26. The van der Waals surface area contributed by atoms with E-state index < -0.39 is 0 Å². The summed E-state index contributed by atoms with van der Waals surface area (Å²) in [6, 6.07) is 4.21. The average Bonchev–Trinajstić information content (AvgIpc) is 2.18. The molecule has 0 bridgehead atoms. The monoisotopic (exact) mass is 220 g/mol. The largest absolute Gasteiger partial charge is 0.507 e. The molecule has 1 N–H and O–H groups in total. The van der Waals surface area contributed by atoms with Gasteiger partial charge in [0, 0.05) is 0 Å². The van der Waals surface area contributed by atoms with Gasteiger partial charge in [0.25, 0.3) is 0 Å². The molecule has 0 heterocycles. The van der Waals surface area contributed by atoms with Crippen LogP contribution in [0.25, 0.3) is 0 Å². The van der Waals surface area contributed by atoms with E-state index in [4.69, 9.17) is 0 Å². The molecule has 0 aliphatic carbocycles. The van der Waals surface area contributed by atoms with E-state index in [0.29, 0.717) is 17.6 Å². The molecule has 1 nitrogen and oxygen atoms in total. The Morgan fingerprint density at radius 1 is 1.12 bits per heavy atom. The van der Waals surface area contributed by atoms with Crippen molar-refractivity contribution >= 4 is 0 Å². The van der Waals surface area contributed by atoms with Gasteiger partial charge >= 0.3 is 0 Å². The summed E-state index contributed by atoms with van der Waals surface area (Å²) in [5.41, 5.74) is 3.44. The van der Waals surface area contributed by atoms with Crippen LogP contribution in [0, 0.1) is 12.8 Å². The van der Waals surface area contributed by atoms with Crippen molar-refractivity contribution in [1.29, 1.82) is 0 Å². The number of aryl methyl sites for hydroxylation is 2. The van der Waals surface area contributed by atoms with Crippen LogP contribution >= 0.6 is 0 Å². The SMILES string of the molecule is Cc1cc(CCC(C)C)c(O)c(C(C)C)c1. The van der Waals surface area contributed by atoms with Crippen LogP contribution < -0.4 is 0 Å². The lowest BCUT2D eigenvalue weighted by Gasteiger charge is -2.14. The summed E-state index contributed by atoms with van der Waals surface area (Å²) in [6.45, 7) is 10.8. The van der Waals surface area contributed by atoms with Crippen molar-refractivity contribution in [2.24, 2.45) is 5.92 Å². The van der Waals surface area contributed by atoms with Gasteiger partial charge in [-0.2, -0.15) is 0 Å². The van der Waals surface area contributed by atoms with Gasteiger partial charge in [-0.05, 0) is 42.7 Å². The molecular formula is C15H24O. The third-order valence-corrected chi connectivity index (χ3v) is 2.98. The van der Waals surface area contributed by atoms with Crippen LogP contribution in [0.15, 0.2) is 12.1 Å². The number of phenolic OH excluding ortho intramolecular Hbond substituents is 1. The maximum Gasteiger partial charge on any atom is 0.122 e. The zero-order valence-corrected chi connectivity index (χ0v) is 11.2. The van der Waals surface area contributed by atoms with E-state index in [1.807, 2.05) is 0 Å². The summed E-state index contributed by atoms with van der Waals surface area (Å²) < 4.78 is 0. The number of phenols is 1. The molecule has 0 saturated carbocycles. The standard InChI is InChI=1S/C15H24O/c1-10(2)6-7-13-8-12(5)9-14(11(3)4)15(13)16/h8-11,16H,6-7H2,1-5H3. The Kier molecular flexibility index (Phi) is 4.40. The lowest BCUT2D eigenvalue weighted by molar-refractivity contribution is 0.453. The lowest BCUT2D eigenvalue weighted by Crippen LogP contribution is -1.97. The normalized spacial score (nSPS) is 11.4. The first-order valence-corrected chi connectivity index (χ1v) is 6.24. The molecule has 1 heteroatoms. The van der Waals surface area contributed by atoms with E-state index >= 15 is 0 Å². The average molecular weight is 220 g/mol. The van der Waals surface area contributed by atoms with Crippen LogP contribution in [0.3, 0.4) is 0 Å². The lowest BCUT2D eigenvalue weighted by atomic mass is 9.93. The van der Waals surface area contributed by atoms with Gasteiger partial charge in [-0.25, -0.2) is 0 Å². The molecule has 0 amide bonds. The van der Waals surface area contributed by atoms with Crippen molar-refractivity contribution in [2.45, 2.75) is 53.4 Å². The van der Waals surface area contributed by atoms with Gasteiger partial charge in [-0.1, -0.05) is 45.4 Å². The van der Waals surface area contributed by atoms with Gasteiger partial charge < -0.3 is 5.11 Å². The molecule has 0 saturated heterocycles. The summed E-state index contributed by atoms with van der Waals surface area (Å²) in [5.74, 6) is 1.58. The molecule has 90 valence electrons. The van der Waals surface area contributed by atoms with Crippen molar-refractivity contribution in [1.82, 2.24) is 0 Å². The quantitative estimate of drug-likeness (QED) is 0.796. The van der Waals surface area contributed by atoms with Crippen molar-refractivity contribution in [2.75, 3.05) is 0 Å². The van der Waals surface area contributed by atoms with E-state index in [-0.39, 0.29) is 0 Å². The Morgan fingerprint density at radius 2 is 1.75 bits per heavy atom. The highest BCUT2D eigenvalue weighted by Crippen LogP contribution is 2.31. The van der Waals surface area contributed by atoms with Gasteiger partial charge in [0.05, 0.1) is 0 Å². The summed E-state index contributed by atoms with van der Waals surface area (Å²) in [5, 5.41) is 10.2. The number of hydrogen-bond acceptors (Lipinski definition) is 1. The van der Waals surface area contributed by atoms with Crippen LogP contribution in [0.1, 0.15) is 56.7 Å². The zero-order chi connectivity index (χ0) is 12.3. The van der Waals surface area contributed by atoms with Gasteiger partial charge in [0.1, 0.15) is 5.75 Å². The van der Waals surface area contributed by atoms with Crippen LogP contribution in [-0.4, -0.2) is 5.11 Å². The molecule has 1 aromatic rings. The number of rotatable bonds is 4. The molecule has 16 heavy (non-hydrogen) atoms. The second-order valence-corrected chi connectivity index (χ2v) is 5.45. The van der Waals surface area contributed by atoms with E-state index in [0.717, 1.165) is 24.0 Å². The van der Waals surface area contributed by atoms with Gasteiger partial charge in [-0.15, -0.1) is 0 Å². The highest BCUT2D eigenvalue weighted by atomic mass is 16.3. The molecular weight excluding hydrogens is 196 g/mol. The first-order chi connectivity index (χ1) is 7.41. The molecule has 1 aromatic carbocycles. The van der Waals surface area contributed by atoms with Crippen molar-refractivity contribution < 1.29 is 5.11 Å². The predicted octanol–water partition coefficient (Wildman–Crippen LogP) is 4.41. The first-order valence-electron chi connectivity index (χ1n) is 6.24. The fourth-order valence-corrected chi connectivity index (χ4v) is 1.96. The fraction of sp³-hybridized carbons (Fsp3) is 0.600. The molecule has 0 radical (unpaired) electrons. The minimum absolute atomic E-state index is 0.387. The molecule has 0 aromatic heterocycles. The molecule has 0 aliphatic rings. The fourth-order valence-electron chi connectivity index (χ4n) is 1.96. The number of benzene rings is 1. The van der Waals surface area contributed by atoms with E-state index in [2.05, 4.69) is 46.8 Å². The Balaban J connectivity index is 2.99. The zero-order valence-electron chi connectivity index (χ0n) is 11.2. The maximum atomic E-state index is 10.2. The summed E-state index contributed by atoms with van der Waals surface area (Å²) in [6.07, 6.45) is 2.11. The molecule has 1 rings (SSSR count). The molecule has 0 aliphatic heterocycles. The van der Waals surface area contributed by atoms with Crippen LogP contribution in [-0.2, 0) is 6.42 Å².